The molecule has 2 aromatic carbocycles. The maximum atomic E-state index is 11.4. The van der Waals surface area contributed by atoms with Gasteiger partial charge in [0.25, 0.3) is 0 Å². The van der Waals surface area contributed by atoms with Crippen LogP contribution in [0.25, 0.3) is 0 Å². The highest BCUT2D eigenvalue weighted by molar-refractivity contribution is 7.92. The Morgan fingerprint density at radius 3 is 2.40 bits per heavy atom. The van der Waals surface area contributed by atoms with Crippen LogP contribution in [0.1, 0.15) is 24.8 Å². The van der Waals surface area contributed by atoms with Crippen molar-refractivity contribution in [2.45, 2.75) is 31.9 Å². The third-order valence-electron chi connectivity index (χ3n) is 5.39. The number of hydrogen-bond acceptors (Lipinski definition) is 6. The average molecular weight is 434 g/mol. The molecule has 0 amide bonds. The number of para-hydroxylation sites is 1. The Bertz CT molecular complexity index is 913. The predicted molar refractivity (Wildman–Crippen MR) is 120 cm³/mol. The monoisotopic (exact) mass is 433 g/mol. The molecule has 8 heteroatoms. The van der Waals surface area contributed by atoms with Gasteiger partial charge < -0.3 is 15.1 Å². The molecule has 0 aliphatic carbocycles. The molecule has 7 nitrogen and oxygen atoms in total. The quantitative estimate of drug-likeness (QED) is 0.416. The third-order valence-corrected chi connectivity index (χ3v) is 5.98. The smallest absolute Gasteiger partial charge is 0.229 e. The highest BCUT2D eigenvalue weighted by Crippen LogP contribution is 2.26. The minimum Gasteiger partial charge on any atom is -0.506 e. The summed E-state index contributed by atoms with van der Waals surface area (Å²) in [5, 5.41) is 20.3. The van der Waals surface area contributed by atoms with Gasteiger partial charge >= 0.3 is 0 Å². The molecule has 1 aliphatic rings. The van der Waals surface area contributed by atoms with Crippen LogP contribution < -0.4 is 9.62 Å². The van der Waals surface area contributed by atoms with Gasteiger partial charge in [-0.25, -0.2) is 8.42 Å². The predicted octanol–water partition coefficient (Wildman–Crippen LogP) is 2.62. The molecule has 1 fully saturated rings. The summed E-state index contributed by atoms with van der Waals surface area (Å²) in [6.45, 7) is 3.50. The van der Waals surface area contributed by atoms with Crippen molar-refractivity contribution in [2.24, 2.45) is 0 Å². The molecular formula is C22H31N3O4S. The SMILES string of the molecule is CS(=O)(=O)Nc1cc(CCCCC(O)N2CCN(c3ccccc3)CC2)ccc1O. The second kappa shape index (κ2) is 10.1. The Kier molecular flexibility index (Phi) is 7.58. The number of anilines is 2. The van der Waals surface area contributed by atoms with Gasteiger partial charge in [0.1, 0.15) is 12.0 Å². The second-order valence-corrected chi connectivity index (χ2v) is 9.56. The number of aromatic hydroxyl groups is 1. The van der Waals surface area contributed by atoms with Crippen LogP contribution in [0, 0.1) is 0 Å². The zero-order valence-corrected chi connectivity index (χ0v) is 18.2. The van der Waals surface area contributed by atoms with E-state index in [2.05, 4.69) is 26.7 Å². The zero-order valence-electron chi connectivity index (χ0n) is 17.4. The van der Waals surface area contributed by atoms with Gasteiger partial charge in [-0.15, -0.1) is 0 Å². The first-order valence-corrected chi connectivity index (χ1v) is 12.2. The Balaban J connectivity index is 1.40. The number of aryl methyl sites for hydroxylation is 1. The average Bonchev–Trinajstić information content (AvgIpc) is 2.73. The first-order valence-electron chi connectivity index (χ1n) is 10.3. The molecule has 1 atom stereocenters. The molecule has 3 N–H and O–H groups in total. The Morgan fingerprint density at radius 2 is 1.73 bits per heavy atom. The van der Waals surface area contributed by atoms with Gasteiger partial charge in [-0.05, 0) is 55.5 Å². The van der Waals surface area contributed by atoms with E-state index in [1.54, 1.807) is 12.1 Å². The number of benzene rings is 2. The number of sulfonamides is 1. The third kappa shape index (κ3) is 6.62. The lowest BCUT2D eigenvalue weighted by molar-refractivity contribution is -0.00702. The molecule has 1 aliphatic heterocycles. The van der Waals surface area contributed by atoms with Gasteiger partial charge in [0, 0.05) is 31.9 Å². The van der Waals surface area contributed by atoms with Gasteiger partial charge in [-0.1, -0.05) is 24.3 Å². The van der Waals surface area contributed by atoms with Gasteiger partial charge in [-0.2, -0.15) is 0 Å². The van der Waals surface area contributed by atoms with E-state index in [1.807, 2.05) is 18.2 Å². The maximum absolute atomic E-state index is 11.4. The van der Waals surface area contributed by atoms with Crippen molar-refractivity contribution >= 4 is 21.4 Å². The molecular weight excluding hydrogens is 402 g/mol. The van der Waals surface area contributed by atoms with Crippen molar-refractivity contribution in [3.05, 3.63) is 54.1 Å². The normalized spacial score (nSPS) is 16.4. The van der Waals surface area contributed by atoms with Crippen molar-refractivity contribution in [3.8, 4) is 5.75 Å². The van der Waals surface area contributed by atoms with Crippen molar-refractivity contribution in [1.29, 1.82) is 0 Å². The van der Waals surface area contributed by atoms with E-state index in [9.17, 15) is 18.6 Å². The van der Waals surface area contributed by atoms with Gasteiger partial charge in [0.05, 0.1) is 11.9 Å². The van der Waals surface area contributed by atoms with Crippen LogP contribution in [-0.4, -0.2) is 62.2 Å². The lowest BCUT2D eigenvalue weighted by atomic mass is 10.1. The zero-order chi connectivity index (χ0) is 21.6. The largest absolute Gasteiger partial charge is 0.506 e. The summed E-state index contributed by atoms with van der Waals surface area (Å²) < 4.78 is 25.1. The number of unbranched alkanes of at least 4 members (excludes halogenated alkanes) is 1. The van der Waals surface area contributed by atoms with Crippen LogP contribution in [0.3, 0.4) is 0 Å². The molecule has 0 radical (unpaired) electrons. The topological polar surface area (TPSA) is 93.1 Å². The Labute approximate surface area is 179 Å². The molecule has 0 bridgehead atoms. The van der Waals surface area contributed by atoms with Crippen LogP contribution in [0.2, 0.25) is 0 Å². The van der Waals surface area contributed by atoms with E-state index in [1.165, 1.54) is 11.8 Å². The second-order valence-electron chi connectivity index (χ2n) is 7.81. The first kappa shape index (κ1) is 22.4. The number of nitrogens with zero attached hydrogens (tertiary/aromatic N) is 2. The lowest BCUT2D eigenvalue weighted by Gasteiger charge is -2.38. The molecule has 164 valence electrons. The lowest BCUT2D eigenvalue weighted by Crippen LogP contribution is -2.50. The number of aliphatic hydroxyl groups is 1. The fourth-order valence-electron chi connectivity index (χ4n) is 3.78. The molecule has 1 heterocycles. The minimum atomic E-state index is -3.44. The van der Waals surface area contributed by atoms with Gasteiger partial charge in [0.15, 0.2) is 0 Å². The Morgan fingerprint density at radius 1 is 1.03 bits per heavy atom. The standard InChI is InChI=1S/C22H31N3O4S/c1-30(28,29)23-20-17-18(11-12-21(20)26)7-5-6-10-22(27)25-15-13-24(14-16-25)19-8-3-2-4-9-19/h2-4,8-9,11-12,17,22-23,26-27H,5-7,10,13-16H2,1H3. The Hall–Kier alpha value is -2.29. The fraction of sp³-hybridized carbons (Fsp3) is 0.455. The van der Waals surface area contributed by atoms with Crippen molar-refractivity contribution < 1.29 is 18.6 Å². The number of phenolic OH excluding ortho intramolecular Hbond substituents is 1. The van der Waals surface area contributed by atoms with Crippen LogP contribution in [-0.2, 0) is 16.4 Å². The van der Waals surface area contributed by atoms with Crippen molar-refractivity contribution in [1.82, 2.24) is 4.90 Å². The molecule has 0 aromatic heterocycles. The highest BCUT2D eigenvalue weighted by Gasteiger charge is 2.22. The molecule has 30 heavy (non-hydrogen) atoms. The summed E-state index contributed by atoms with van der Waals surface area (Å²) in [5.41, 5.74) is 2.38. The number of rotatable bonds is 9. The minimum absolute atomic E-state index is 0.0887. The molecule has 2 aromatic rings. The van der Waals surface area contributed by atoms with E-state index in [0.717, 1.165) is 57.3 Å². The molecule has 3 rings (SSSR count). The van der Waals surface area contributed by atoms with Gasteiger partial charge in [0.2, 0.25) is 10.0 Å². The van der Waals surface area contributed by atoms with E-state index in [4.69, 9.17) is 0 Å². The number of nitrogens with one attached hydrogen (secondary N) is 1. The van der Waals surface area contributed by atoms with E-state index in [0.29, 0.717) is 6.42 Å². The number of aliphatic hydroxyl groups excluding tert-OH is 1. The first-order chi connectivity index (χ1) is 14.3. The van der Waals surface area contributed by atoms with E-state index < -0.39 is 16.3 Å². The van der Waals surface area contributed by atoms with Crippen LogP contribution in [0.5, 0.6) is 5.75 Å². The fourth-order valence-corrected chi connectivity index (χ4v) is 4.34. The number of hydrogen-bond donors (Lipinski definition) is 3. The summed E-state index contributed by atoms with van der Waals surface area (Å²) in [7, 11) is -3.44. The summed E-state index contributed by atoms with van der Waals surface area (Å²) in [5.74, 6) is -0.0887. The number of phenols is 1. The summed E-state index contributed by atoms with van der Waals surface area (Å²) in [6.07, 6.45) is 3.83. The summed E-state index contributed by atoms with van der Waals surface area (Å²) >= 11 is 0. The van der Waals surface area contributed by atoms with Crippen LogP contribution >= 0.6 is 0 Å². The van der Waals surface area contributed by atoms with E-state index >= 15 is 0 Å². The van der Waals surface area contributed by atoms with E-state index in [-0.39, 0.29) is 11.4 Å². The van der Waals surface area contributed by atoms with Crippen LogP contribution in [0.15, 0.2) is 48.5 Å². The molecule has 1 saturated heterocycles. The van der Waals surface area contributed by atoms with Gasteiger partial charge in [-0.3, -0.25) is 9.62 Å². The van der Waals surface area contributed by atoms with Crippen molar-refractivity contribution in [2.75, 3.05) is 42.1 Å². The summed E-state index contributed by atoms with van der Waals surface area (Å²) in [6, 6.07) is 15.3. The summed E-state index contributed by atoms with van der Waals surface area (Å²) in [4.78, 5) is 4.48. The molecule has 0 spiro atoms. The molecule has 1 unspecified atom stereocenters. The molecule has 0 saturated carbocycles. The maximum Gasteiger partial charge on any atom is 0.229 e. The highest BCUT2D eigenvalue weighted by atomic mass is 32.2. The number of piperazine rings is 1. The van der Waals surface area contributed by atoms with Crippen LogP contribution in [0.4, 0.5) is 11.4 Å². The van der Waals surface area contributed by atoms with Crippen molar-refractivity contribution in [3.63, 3.8) is 0 Å².